The Morgan fingerprint density at radius 3 is 2.45 bits per heavy atom. The second kappa shape index (κ2) is 10.9. The van der Waals surface area contributed by atoms with Gasteiger partial charge < -0.3 is 24.5 Å². The molecular weight excluding hydrogens is 500 g/mol. The molecule has 2 fully saturated rings. The molecule has 2 amide bonds. The van der Waals surface area contributed by atoms with E-state index in [4.69, 9.17) is 4.98 Å². The molecule has 1 aromatic heterocycles. The van der Waals surface area contributed by atoms with Gasteiger partial charge in [0.25, 0.3) is 5.91 Å². The van der Waals surface area contributed by atoms with E-state index in [-0.39, 0.29) is 11.8 Å². The number of benzene rings is 2. The lowest BCUT2D eigenvalue weighted by atomic mass is 9.98. The number of amides is 2. The molecule has 8 nitrogen and oxygen atoms in total. The third-order valence-corrected chi connectivity index (χ3v) is 8.77. The number of carbonyl (C=O) groups is 2. The van der Waals surface area contributed by atoms with Gasteiger partial charge in [0.15, 0.2) is 0 Å². The van der Waals surface area contributed by atoms with E-state index in [0.717, 1.165) is 56.9 Å². The highest BCUT2D eigenvalue weighted by Gasteiger charge is 2.32. The zero-order valence-electron chi connectivity index (χ0n) is 23.6. The van der Waals surface area contributed by atoms with Crippen LogP contribution in [0.3, 0.4) is 0 Å². The smallest absolute Gasteiger partial charge is 0.272 e. The molecule has 3 aromatic rings. The molecule has 0 spiro atoms. The van der Waals surface area contributed by atoms with Crippen molar-refractivity contribution in [1.82, 2.24) is 19.7 Å². The van der Waals surface area contributed by atoms with Crippen LogP contribution in [0.4, 0.5) is 11.4 Å². The quantitative estimate of drug-likeness (QED) is 0.464. The van der Waals surface area contributed by atoms with Crippen LogP contribution in [0.1, 0.15) is 28.2 Å². The highest BCUT2D eigenvalue weighted by molar-refractivity contribution is 5.95. The Morgan fingerprint density at radius 1 is 0.925 bits per heavy atom. The maximum atomic E-state index is 13.8. The van der Waals surface area contributed by atoms with Gasteiger partial charge in [-0.3, -0.25) is 9.59 Å². The van der Waals surface area contributed by atoms with Crippen molar-refractivity contribution in [3.63, 3.8) is 0 Å². The lowest BCUT2D eigenvalue weighted by molar-refractivity contribution is -0.126. The first kappa shape index (κ1) is 26.3. The summed E-state index contributed by atoms with van der Waals surface area (Å²) in [6.07, 6.45) is 3.22. The van der Waals surface area contributed by atoms with Crippen LogP contribution in [0, 0.1) is 0 Å². The first-order valence-electron chi connectivity index (χ1n) is 14.3. The predicted molar refractivity (Wildman–Crippen MR) is 160 cm³/mol. The Bertz CT molecular complexity index is 1440. The van der Waals surface area contributed by atoms with E-state index in [9.17, 15) is 9.59 Å². The van der Waals surface area contributed by atoms with Crippen LogP contribution in [0.5, 0.6) is 0 Å². The molecule has 6 rings (SSSR count). The van der Waals surface area contributed by atoms with Gasteiger partial charge in [-0.05, 0) is 50.5 Å². The van der Waals surface area contributed by atoms with Gasteiger partial charge >= 0.3 is 0 Å². The average molecular weight is 539 g/mol. The molecule has 0 aliphatic carbocycles. The summed E-state index contributed by atoms with van der Waals surface area (Å²) in [6, 6.07) is 17.3. The van der Waals surface area contributed by atoms with Crippen molar-refractivity contribution in [2.45, 2.75) is 25.4 Å². The molecule has 40 heavy (non-hydrogen) atoms. The monoisotopic (exact) mass is 538 g/mol. The second-order valence-corrected chi connectivity index (χ2v) is 11.3. The van der Waals surface area contributed by atoms with E-state index in [2.05, 4.69) is 77.8 Å². The molecule has 0 bridgehead atoms. The van der Waals surface area contributed by atoms with Gasteiger partial charge in [0.2, 0.25) is 5.91 Å². The van der Waals surface area contributed by atoms with Crippen LogP contribution < -0.4 is 9.80 Å². The Hall–Kier alpha value is -3.91. The van der Waals surface area contributed by atoms with Crippen LogP contribution in [0.15, 0.2) is 61.2 Å². The Labute approximate surface area is 236 Å². The maximum Gasteiger partial charge on any atom is 0.272 e. The highest BCUT2D eigenvalue weighted by atomic mass is 16.2. The summed E-state index contributed by atoms with van der Waals surface area (Å²) in [5.41, 5.74) is 5.03. The molecule has 0 N–H and O–H groups in total. The summed E-state index contributed by atoms with van der Waals surface area (Å²) in [5, 5.41) is 2.45. The summed E-state index contributed by atoms with van der Waals surface area (Å²) < 4.78 is 0. The molecule has 3 aliphatic heterocycles. The van der Waals surface area contributed by atoms with E-state index in [1.807, 2.05) is 15.9 Å². The third-order valence-electron chi connectivity index (χ3n) is 8.77. The maximum absolute atomic E-state index is 13.8. The zero-order valence-corrected chi connectivity index (χ0v) is 23.6. The van der Waals surface area contributed by atoms with Crippen LogP contribution >= 0.6 is 0 Å². The highest BCUT2D eigenvalue weighted by Crippen LogP contribution is 2.35. The second-order valence-electron chi connectivity index (χ2n) is 11.3. The summed E-state index contributed by atoms with van der Waals surface area (Å²) in [6.45, 7) is 9.40. The van der Waals surface area contributed by atoms with Crippen molar-refractivity contribution in [2.24, 2.45) is 0 Å². The van der Waals surface area contributed by atoms with Gasteiger partial charge in [0, 0.05) is 74.2 Å². The van der Waals surface area contributed by atoms with Gasteiger partial charge in [-0.1, -0.05) is 43.0 Å². The number of pyridine rings is 1. The van der Waals surface area contributed by atoms with E-state index >= 15 is 0 Å². The number of anilines is 2. The number of nitrogens with zero attached hydrogens (tertiary/aromatic N) is 6. The molecule has 4 heterocycles. The van der Waals surface area contributed by atoms with Crippen molar-refractivity contribution in [1.29, 1.82) is 0 Å². The van der Waals surface area contributed by atoms with Gasteiger partial charge in [-0.2, -0.15) is 0 Å². The van der Waals surface area contributed by atoms with E-state index < -0.39 is 0 Å². The molecule has 0 radical (unpaired) electrons. The molecular formula is C32H38N6O2. The number of aromatic nitrogens is 1. The third kappa shape index (κ3) is 4.92. The Balaban J connectivity index is 1.34. The minimum absolute atomic E-state index is 0.0103. The minimum atomic E-state index is -0.0255. The van der Waals surface area contributed by atoms with Crippen molar-refractivity contribution in [3.8, 4) is 0 Å². The largest absolute Gasteiger partial charge is 0.368 e. The molecule has 3 aliphatic rings. The van der Waals surface area contributed by atoms with Crippen molar-refractivity contribution in [3.05, 3.63) is 78.1 Å². The number of hydrogen-bond acceptors (Lipinski definition) is 6. The van der Waals surface area contributed by atoms with E-state index in [0.29, 0.717) is 31.4 Å². The lowest BCUT2D eigenvalue weighted by Gasteiger charge is -2.39. The van der Waals surface area contributed by atoms with E-state index in [1.54, 1.807) is 0 Å². The first-order valence-corrected chi connectivity index (χ1v) is 14.3. The summed E-state index contributed by atoms with van der Waals surface area (Å²) >= 11 is 0. The van der Waals surface area contributed by atoms with Gasteiger partial charge in [0.05, 0.1) is 12.2 Å². The fourth-order valence-electron chi connectivity index (χ4n) is 6.41. The molecule has 208 valence electrons. The average Bonchev–Trinajstić information content (AvgIpc) is 3.50. The number of carbonyl (C=O) groups excluding carboxylic acids is 2. The van der Waals surface area contributed by atoms with Crippen LogP contribution in [-0.4, -0.2) is 97.4 Å². The molecule has 2 saturated heterocycles. The minimum Gasteiger partial charge on any atom is -0.368 e. The normalized spacial score (nSPS) is 19.3. The molecule has 8 heteroatoms. The van der Waals surface area contributed by atoms with Crippen LogP contribution in [-0.2, 0) is 17.8 Å². The number of likely N-dealkylation sites (tertiary alicyclic amines) is 1. The van der Waals surface area contributed by atoms with Crippen LogP contribution in [0.2, 0.25) is 0 Å². The van der Waals surface area contributed by atoms with Crippen LogP contribution in [0.25, 0.3) is 10.8 Å². The van der Waals surface area contributed by atoms with Gasteiger partial charge in [0.1, 0.15) is 5.69 Å². The van der Waals surface area contributed by atoms with Crippen molar-refractivity contribution < 1.29 is 9.59 Å². The molecule has 1 unspecified atom stereocenters. The molecule has 1 atom stereocenters. The predicted octanol–water partition coefficient (Wildman–Crippen LogP) is 3.41. The Morgan fingerprint density at radius 2 is 1.70 bits per heavy atom. The van der Waals surface area contributed by atoms with Gasteiger partial charge in [-0.15, -0.1) is 0 Å². The standard InChI is InChI=1S/C32H38N6O2/c1-4-31(39)36-18-16-35(17-19-36)30-20-27(32(40)38-14-12-24(21-38)34(2)3)33-28-22-37(15-13-26(28)30)29-11-7-9-23-8-5-6-10-25(23)29/h4-11,20,24H,1,12-19,21-22H2,2-3H3. The fraction of sp³-hybridized carbons (Fsp3) is 0.406. The summed E-state index contributed by atoms with van der Waals surface area (Å²) in [4.78, 5) is 41.8. The van der Waals surface area contributed by atoms with Crippen molar-refractivity contribution >= 4 is 34.0 Å². The van der Waals surface area contributed by atoms with Crippen molar-refractivity contribution in [2.75, 3.05) is 69.7 Å². The molecule has 2 aromatic carbocycles. The lowest BCUT2D eigenvalue weighted by Crippen LogP contribution is -2.49. The summed E-state index contributed by atoms with van der Waals surface area (Å²) in [5.74, 6) is -0.0151. The van der Waals surface area contributed by atoms with E-state index in [1.165, 1.54) is 28.1 Å². The Kier molecular flexibility index (Phi) is 7.19. The fourth-order valence-corrected chi connectivity index (χ4v) is 6.41. The number of hydrogen-bond donors (Lipinski definition) is 0. The van der Waals surface area contributed by atoms with Gasteiger partial charge in [-0.25, -0.2) is 4.98 Å². The number of likely N-dealkylation sites (N-methyl/N-ethyl adjacent to an activating group) is 1. The number of rotatable bonds is 5. The summed E-state index contributed by atoms with van der Waals surface area (Å²) in [7, 11) is 4.15. The molecule has 0 saturated carbocycles. The zero-order chi connectivity index (χ0) is 27.8. The number of piperazine rings is 1. The SMILES string of the molecule is C=CC(=O)N1CCN(c2cc(C(=O)N3CCC(N(C)C)C3)nc3c2CCN(c2cccc4ccccc24)C3)CC1. The number of fused-ring (bicyclic) bond motifs is 2. The topological polar surface area (TPSA) is 63.2 Å². The first-order chi connectivity index (χ1) is 19.4.